The summed E-state index contributed by atoms with van der Waals surface area (Å²) in [5.74, 6) is 0. The topological polar surface area (TPSA) is 51.6 Å². The molecule has 1 atom stereocenters. The maximum absolute atomic E-state index is 5.80. The van der Waals surface area contributed by atoms with Gasteiger partial charge in [-0.15, -0.1) is 0 Å². The number of fused-ring (bicyclic) bond motifs is 4. The summed E-state index contributed by atoms with van der Waals surface area (Å²) in [4.78, 5) is 21.5. The van der Waals surface area contributed by atoms with Crippen molar-refractivity contribution in [2.45, 2.75) is 5.41 Å². The van der Waals surface area contributed by atoms with E-state index in [1.54, 1.807) is 0 Å². The lowest BCUT2D eigenvalue weighted by atomic mass is 9.68. The van der Waals surface area contributed by atoms with E-state index in [0.29, 0.717) is 0 Å². The highest BCUT2D eigenvalue weighted by Gasteiger charge is 2.50. The molecule has 6 aromatic carbocycles. The van der Waals surface area contributed by atoms with Crippen molar-refractivity contribution >= 4 is 10.8 Å². The average molecular weight is 677 g/mol. The second-order valence-corrected chi connectivity index (χ2v) is 13.4. The lowest BCUT2D eigenvalue weighted by molar-refractivity contribution is 0.740. The minimum Gasteiger partial charge on any atom is -0.256 e. The van der Waals surface area contributed by atoms with E-state index in [-0.39, 0.29) is 0 Å². The van der Waals surface area contributed by atoms with Crippen LogP contribution in [0.15, 0.2) is 194 Å². The van der Waals surface area contributed by atoms with Crippen molar-refractivity contribution in [1.29, 1.82) is 0 Å². The number of hydrogen-bond acceptors (Lipinski definition) is 4. The molecule has 0 radical (unpaired) electrons. The first-order chi connectivity index (χ1) is 26.3. The molecule has 4 nitrogen and oxygen atoms in total. The van der Waals surface area contributed by atoms with Gasteiger partial charge in [0.1, 0.15) is 0 Å². The van der Waals surface area contributed by atoms with Crippen molar-refractivity contribution in [3.63, 3.8) is 0 Å². The van der Waals surface area contributed by atoms with E-state index in [4.69, 9.17) is 19.9 Å². The molecule has 1 aliphatic carbocycles. The van der Waals surface area contributed by atoms with Crippen LogP contribution in [0.1, 0.15) is 22.4 Å². The van der Waals surface area contributed by atoms with Gasteiger partial charge < -0.3 is 0 Å². The van der Waals surface area contributed by atoms with E-state index in [1.165, 1.54) is 5.39 Å². The molecule has 53 heavy (non-hydrogen) atoms. The van der Waals surface area contributed by atoms with E-state index in [2.05, 4.69) is 158 Å². The molecule has 4 heteroatoms. The highest BCUT2D eigenvalue weighted by molar-refractivity contribution is 5.95. The van der Waals surface area contributed by atoms with Crippen molar-refractivity contribution in [3.05, 3.63) is 217 Å². The van der Waals surface area contributed by atoms with E-state index < -0.39 is 5.41 Å². The Hall–Kier alpha value is -7.04. The van der Waals surface area contributed by atoms with Crippen LogP contribution in [0.5, 0.6) is 0 Å². The van der Waals surface area contributed by atoms with Crippen molar-refractivity contribution in [3.8, 4) is 56.3 Å². The van der Waals surface area contributed by atoms with E-state index in [1.807, 2.05) is 36.5 Å². The second kappa shape index (κ2) is 12.6. The molecule has 1 aliphatic rings. The van der Waals surface area contributed by atoms with Gasteiger partial charge in [0.15, 0.2) is 0 Å². The summed E-state index contributed by atoms with van der Waals surface area (Å²) < 4.78 is 0. The van der Waals surface area contributed by atoms with E-state index in [0.717, 1.165) is 84.1 Å². The minimum atomic E-state index is -0.815. The molecular formula is C49H32N4. The van der Waals surface area contributed by atoms with Gasteiger partial charge in [-0.3, -0.25) is 9.97 Å². The van der Waals surface area contributed by atoms with Gasteiger partial charge in [-0.25, -0.2) is 9.97 Å². The largest absolute Gasteiger partial charge is 0.256 e. The van der Waals surface area contributed by atoms with Crippen molar-refractivity contribution in [1.82, 2.24) is 19.9 Å². The van der Waals surface area contributed by atoms with Crippen molar-refractivity contribution in [2.24, 2.45) is 0 Å². The second-order valence-electron chi connectivity index (χ2n) is 13.4. The fourth-order valence-corrected chi connectivity index (χ4v) is 8.12. The third kappa shape index (κ3) is 4.91. The Labute approximate surface area is 308 Å². The lowest BCUT2D eigenvalue weighted by Crippen LogP contribution is -2.30. The SMILES string of the molecule is c1ccc(-c2nc3c(nc2-c2ccccc2)C(c2ccccc2)(c2cccc4ccccc24)c2cnc(-c4ccccc4-c4ccccn4)cc2-3)cc1. The third-order valence-electron chi connectivity index (χ3n) is 10.5. The van der Waals surface area contributed by atoms with Gasteiger partial charge in [0.2, 0.25) is 0 Å². The monoisotopic (exact) mass is 676 g/mol. The molecule has 3 heterocycles. The van der Waals surface area contributed by atoms with Crippen LogP contribution >= 0.6 is 0 Å². The summed E-state index contributed by atoms with van der Waals surface area (Å²) in [5.41, 5.74) is 12.8. The van der Waals surface area contributed by atoms with E-state index >= 15 is 0 Å². The third-order valence-corrected chi connectivity index (χ3v) is 10.5. The number of pyridine rings is 2. The number of rotatable bonds is 6. The molecule has 248 valence electrons. The van der Waals surface area contributed by atoms with Gasteiger partial charge in [0.25, 0.3) is 0 Å². The van der Waals surface area contributed by atoms with Crippen LogP contribution in [0.2, 0.25) is 0 Å². The summed E-state index contributed by atoms with van der Waals surface area (Å²) in [7, 11) is 0. The van der Waals surface area contributed by atoms with Crippen LogP contribution in [0.3, 0.4) is 0 Å². The molecule has 0 amide bonds. The number of aromatic nitrogens is 4. The molecule has 3 aromatic heterocycles. The van der Waals surface area contributed by atoms with Gasteiger partial charge in [0.05, 0.1) is 39.6 Å². The highest BCUT2D eigenvalue weighted by atomic mass is 14.9. The Kier molecular flexibility index (Phi) is 7.33. The summed E-state index contributed by atoms with van der Waals surface area (Å²) in [6.45, 7) is 0. The zero-order valence-electron chi connectivity index (χ0n) is 28.8. The van der Waals surface area contributed by atoms with Gasteiger partial charge in [-0.2, -0.15) is 0 Å². The molecule has 0 aliphatic heterocycles. The molecule has 0 spiro atoms. The fraction of sp³-hybridized carbons (Fsp3) is 0.0204. The van der Waals surface area contributed by atoms with Crippen LogP contribution in [0.4, 0.5) is 0 Å². The minimum absolute atomic E-state index is 0.815. The normalized spacial score (nSPS) is 14.5. The van der Waals surface area contributed by atoms with Gasteiger partial charge in [-0.1, -0.05) is 164 Å². The molecule has 1 unspecified atom stereocenters. The zero-order chi connectivity index (χ0) is 35.2. The summed E-state index contributed by atoms with van der Waals surface area (Å²) >= 11 is 0. The first kappa shape index (κ1) is 30.8. The summed E-state index contributed by atoms with van der Waals surface area (Å²) in [6, 6.07) is 63.4. The first-order valence-electron chi connectivity index (χ1n) is 17.9. The number of hydrogen-bond donors (Lipinski definition) is 0. The van der Waals surface area contributed by atoms with Crippen LogP contribution in [0.25, 0.3) is 67.1 Å². The zero-order valence-corrected chi connectivity index (χ0v) is 28.8. The van der Waals surface area contributed by atoms with Crippen LogP contribution < -0.4 is 0 Å². The summed E-state index contributed by atoms with van der Waals surface area (Å²) in [5, 5.41) is 2.33. The molecule has 9 aromatic rings. The molecule has 0 N–H and O–H groups in total. The Morgan fingerprint density at radius 1 is 0.396 bits per heavy atom. The Morgan fingerprint density at radius 3 is 1.72 bits per heavy atom. The molecule has 0 saturated carbocycles. The van der Waals surface area contributed by atoms with Crippen molar-refractivity contribution in [2.75, 3.05) is 0 Å². The number of benzene rings is 6. The van der Waals surface area contributed by atoms with Crippen LogP contribution in [0, 0.1) is 0 Å². The molecule has 0 fully saturated rings. The smallest absolute Gasteiger partial charge is 0.0973 e. The maximum atomic E-state index is 5.80. The van der Waals surface area contributed by atoms with Crippen LogP contribution in [-0.4, -0.2) is 19.9 Å². The molecule has 10 rings (SSSR count). The standard InChI is InChI=1S/C49H32N4/c1-4-18-34(19-5-1)45-46(35-20-6-2-7-21-35)53-48-47(52-45)40-31-44(39-27-13-12-26-38(39)43-29-14-15-30-50-43)51-32-42(40)49(48,36-23-8-3-9-24-36)41-28-16-22-33-17-10-11-25-37(33)41/h1-32H. The predicted molar refractivity (Wildman–Crippen MR) is 214 cm³/mol. The molecule has 0 bridgehead atoms. The maximum Gasteiger partial charge on any atom is 0.0973 e. The molecular weight excluding hydrogens is 645 g/mol. The quantitative estimate of drug-likeness (QED) is 0.176. The first-order valence-corrected chi connectivity index (χ1v) is 17.9. The summed E-state index contributed by atoms with van der Waals surface area (Å²) in [6.07, 6.45) is 3.91. The Balaban J connectivity index is 1.35. The predicted octanol–water partition coefficient (Wildman–Crippen LogP) is 11.5. The average Bonchev–Trinajstić information content (AvgIpc) is 3.53. The Morgan fingerprint density at radius 2 is 1.00 bits per heavy atom. The van der Waals surface area contributed by atoms with Gasteiger partial charge in [-0.05, 0) is 40.1 Å². The van der Waals surface area contributed by atoms with Gasteiger partial charge >= 0.3 is 0 Å². The lowest BCUT2D eigenvalue weighted by Gasteiger charge is -2.33. The fourth-order valence-electron chi connectivity index (χ4n) is 8.12. The number of nitrogens with zero attached hydrogens (tertiary/aromatic N) is 4. The Bertz CT molecular complexity index is 2760. The van der Waals surface area contributed by atoms with Crippen molar-refractivity contribution < 1.29 is 0 Å². The van der Waals surface area contributed by atoms with Gasteiger partial charge in [0, 0.05) is 45.8 Å². The van der Waals surface area contributed by atoms with Crippen LogP contribution in [-0.2, 0) is 5.41 Å². The highest BCUT2D eigenvalue weighted by Crippen LogP contribution is 2.57. The molecule has 0 saturated heterocycles. The van der Waals surface area contributed by atoms with E-state index in [9.17, 15) is 0 Å².